The predicted molar refractivity (Wildman–Crippen MR) is 208 cm³/mol. The highest BCUT2D eigenvalue weighted by molar-refractivity contribution is 5.99. The molecule has 7 rings (SSSR count). The van der Waals surface area contributed by atoms with Gasteiger partial charge in [0.1, 0.15) is 23.5 Å². The molecule has 2 aliphatic rings. The minimum atomic E-state index is 0.0909. The van der Waals surface area contributed by atoms with Crippen molar-refractivity contribution in [3.8, 4) is 11.3 Å². The number of aromatic nitrogens is 6. The molecular formula is C39H52N10O6. The number of piperazine rings is 1. The summed E-state index contributed by atoms with van der Waals surface area (Å²) < 4.78 is 29.9. The van der Waals surface area contributed by atoms with Crippen LogP contribution in [-0.2, 0) is 48.0 Å². The second kappa shape index (κ2) is 19.9. The number of nitrogens with one attached hydrogen (secondary N) is 2. The number of hydrogen-bond acceptors (Lipinski definition) is 13. The van der Waals surface area contributed by atoms with Crippen molar-refractivity contribution in [1.82, 2.24) is 44.8 Å². The Kier molecular flexibility index (Phi) is 14.0. The third kappa shape index (κ3) is 10.6. The fourth-order valence-electron chi connectivity index (χ4n) is 6.93. The summed E-state index contributed by atoms with van der Waals surface area (Å²) in [6, 6.07) is 10.4. The topological polar surface area (TPSA) is 180 Å². The Labute approximate surface area is 320 Å². The third-order valence-electron chi connectivity index (χ3n) is 9.91. The van der Waals surface area contributed by atoms with Crippen LogP contribution in [0.5, 0.6) is 0 Å². The first kappa shape index (κ1) is 38.7. The number of fused-ring (bicyclic) bond motifs is 3. The van der Waals surface area contributed by atoms with Gasteiger partial charge >= 0.3 is 0 Å². The summed E-state index contributed by atoms with van der Waals surface area (Å²) in [5.74, 6) is 0.468. The van der Waals surface area contributed by atoms with Crippen LogP contribution < -0.4 is 11.1 Å². The van der Waals surface area contributed by atoms with E-state index in [1.165, 1.54) is 11.9 Å². The van der Waals surface area contributed by atoms with Gasteiger partial charge in [0.15, 0.2) is 5.65 Å². The summed E-state index contributed by atoms with van der Waals surface area (Å²) in [6.07, 6.45) is 6.24. The average molecular weight is 757 g/mol. The van der Waals surface area contributed by atoms with Crippen LogP contribution in [0.2, 0.25) is 0 Å². The number of amides is 1. The summed E-state index contributed by atoms with van der Waals surface area (Å²) in [7, 11) is 0. The molecular weight excluding hydrogens is 704 g/mol. The second-order valence-electron chi connectivity index (χ2n) is 13.7. The van der Waals surface area contributed by atoms with E-state index in [1.807, 2.05) is 27.9 Å². The van der Waals surface area contributed by atoms with E-state index in [0.29, 0.717) is 108 Å². The van der Waals surface area contributed by atoms with Gasteiger partial charge in [0.05, 0.1) is 84.4 Å². The van der Waals surface area contributed by atoms with Gasteiger partial charge in [-0.25, -0.2) is 19.6 Å². The van der Waals surface area contributed by atoms with E-state index < -0.39 is 0 Å². The number of carbonyl (C=O) groups excluding carboxylic acids is 1. The first-order valence-corrected chi connectivity index (χ1v) is 19.2. The molecule has 1 saturated heterocycles. The van der Waals surface area contributed by atoms with Gasteiger partial charge in [-0.15, -0.1) is 0 Å². The molecule has 0 aliphatic carbocycles. The predicted octanol–water partition coefficient (Wildman–Crippen LogP) is 2.26. The summed E-state index contributed by atoms with van der Waals surface area (Å²) in [4.78, 5) is 33.8. The first-order valence-electron chi connectivity index (χ1n) is 19.2. The third-order valence-corrected chi connectivity index (χ3v) is 9.91. The normalized spacial score (nSPS) is 14.9. The molecule has 0 bridgehead atoms. The van der Waals surface area contributed by atoms with Crippen molar-refractivity contribution in [2.75, 3.05) is 111 Å². The van der Waals surface area contributed by atoms with Crippen molar-refractivity contribution >= 4 is 33.8 Å². The van der Waals surface area contributed by atoms with Gasteiger partial charge in [-0.2, -0.15) is 5.10 Å². The van der Waals surface area contributed by atoms with E-state index in [2.05, 4.69) is 48.4 Å². The van der Waals surface area contributed by atoms with Crippen LogP contribution in [-0.4, -0.2) is 151 Å². The number of H-pyrrole nitrogens is 1. The smallest absolute Gasteiger partial charge is 0.225 e. The lowest BCUT2D eigenvalue weighted by molar-refractivity contribution is -0.133. The molecule has 0 saturated carbocycles. The average Bonchev–Trinajstić information content (AvgIpc) is 3.84. The fraction of sp³-hybridized carbons (Fsp3) is 0.513. The van der Waals surface area contributed by atoms with Gasteiger partial charge in [0.2, 0.25) is 5.91 Å². The van der Waals surface area contributed by atoms with Crippen LogP contribution in [0.3, 0.4) is 0 Å². The summed E-state index contributed by atoms with van der Waals surface area (Å²) >= 11 is 0. The molecule has 0 atom stereocenters. The quantitative estimate of drug-likeness (QED) is 0.0930. The Balaban J connectivity index is 0.758. The number of nitrogen functional groups attached to an aromatic ring is 1. The van der Waals surface area contributed by atoms with Gasteiger partial charge in [-0.05, 0) is 35.2 Å². The Morgan fingerprint density at radius 2 is 1.53 bits per heavy atom. The molecule has 16 nitrogen and oxygen atoms in total. The Morgan fingerprint density at radius 1 is 0.800 bits per heavy atom. The van der Waals surface area contributed by atoms with Gasteiger partial charge < -0.3 is 44.6 Å². The van der Waals surface area contributed by atoms with Crippen molar-refractivity contribution in [2.24, 2.45) is 0 Å². The molecule has 1 fully saturated rings. The zero-order valence-electron chi connectivity index (χ0n) is 31.4. The van der Waals surface area contributed by atoms with Crippen molar-refractivity contribution in [2.45, 2.75) is 25.9 Å². The van der Waals surface area contributed by atoms with Gasteiger partial charge in [-0.3, -0.25) is 9.69 Å². The fourth-order valence-corrected chi connectivity index (χ4v) is 6.93. The maximum atomic E-state index is 13.0. The molecule has 0 radical (unpaired) electrons. The number of hydrogen-bond donors (Lipinski definition) is 3. The van der Waals surface area contributed by atoms with Crippen LogP contribution in [0.15, 0.2) is 49.1 Å². The number of aromatic amines is 1. The molecule has 0 unspecified atom stereocenters. The van der Waals surface area contributed by atoms with Crippen molar-refractivity contribution < 1.29 is 28.5 Å². The van der Waals surface area contributed by atoms with Crippen molar-refractivity contribution in [3.63, 3.8) is 0 Å². The molecule has 5 aromatic rings. The summed E-state index contributed by atoms with van der Waals surface area (Å²) in [6.45, 7) is 12.2. The number of anilines is 1. The highest BCUT2D eigenvalue weighted by Gasteiger charge is 2.22. The van der Waals surface area contributed by atoms with E-state index >= 15 is 0 Å². The Hall–Kier alpha value is -4.55. The lowest BCUT2D eigenvalue weighted by Crippen LogP contribution is -2.44. The monoisotopic (exact) mass is 756 g/mol. The van der Waals surface area contributed by atoms with Crippen LogP contribution in [0.25, 0.3) is 33.3 Å². The highest BCUT2D eigenvalue weighted by atomic mass is 16.6. The SMILES string of the molecule is Nc1ncnc2c1c(-c1cnc3[nH]ccc3c1)nn2Cc1ccc2c(c1)CCN(C(=O)CCOCCOCCOCCOCCOCCN1CCNCC1)C2. The lowest BCUT2D eigenvalue weighted by Gasteiger charge is -2.29. The van der Waals surface area contributed by atoms with E-state index in [9.17, 15) is 4.79 Å². The molecule has 1 amide bonds. The number of carbonyl (C=O) groups is 1. The standard InChI is InChI=1S/C39H52N10O6/c40-37-35-36(33-24-31-3-6-42-38(31)43-25-33)46-49(39(35)45-28-44-37)26-29-1-2-32-27-48(9-4-30(32)23-29)34(50)5-13-51-15-17-53-19-21-55-22-20-54-18-16-52-14-12-47-10-7-41-8-11-47/h1-3,6,23-25,28,41H,4-5,7-22,26-27H2,(H,42,43)(H2,40,44,45). The van der Waals surface area contributed by atoms with Crippen molar-refractivity contribution in [1.29, 1.82) is 0 Å². The number of benzene rings is 1. The molecule has 16 heteroatoms. The van der Waals surface area contributed by atoms with Gasteiger partial charge in [0.25, 0.3) is 0 Å². The molecule has 2 aliphatic heterocycles. The van der Waals surface area contributed by atoms with Crippen LogP contribution in [0, 0.1) is 0 Å². The van der Waals surface area contributed by atoms with Crippen LogP contribution >= 0.6 is 0 Å². The zero-order valence-corrected chi connectivity index (χ0v) is 31.4. The molecule has 0 spiro atoms. The molecule has 1 aromatic carbocycles. The maximum Gasteiger partial charge on any atom is 0.225 e. The van der Waals surface area contributed by atoms with Crippen LogP contribution in [0.4, 0.5) is 5.82 Å². The largest absolute Gasteiger partial charge is 0.383 e. The number of ether oxygens (including phenoxy) is 5. The first-order chi connectivity index (χ1) is 27.1. The molecule has 4 aromatic heterocycles. The summed E-state index contributed by atoms with van der Waals surface area (Å²) in [5.41, 5.74) is 12.8. The van der Waals surface area contributed by atoms with Crippen molar-refractivity contribution in [3.05, 3.63) is 65.7 Å². The summed E-state index contributed by atoms with van der Waals surface area (Å²) in [5, 5.41) is 9.99. The Morgan fingerprint density at radius 3 is 2.29 bits per heavy atom. The maximum absolute atomic E-state index is 13.0. The lowest BCUT2D eigenvalue weighted by atomic mass is 9.97. The van der Waals surface area contributed by atoms with E-state index in [1.54, 1.807) is 6.20 Å². The molecule has 6 heterocycles. The number of pyridine rings is 1. The van der Waals surface area contributed by atoms with Gasteiger partial charge in [0, 0.05) is 69.2 Å². The zero-order chi connectivity index (χ0) is 37.7. The highest BCUT2D eigenvalue weighted by Crippen LogP contribution is 2.32. The minimum absolute atomic E-state index is 0.0909. The van der Waals surface area contributed by atoms with E-state index in [-0.39, 0.29) is 5.91 Å². The number of nitrogens with zero attached hydrogens (tertiary/aromatic N) is 7. The number of rotatable bonds is 21. The molecule has 4 N–H and O–H groups in total. The molecule has 55 heavy (non-hydrogen) atoms. The molecule has 294 valence electrons. The van der Waals surface area contributed by atoms with E-state index in [4.69, 9.17) is 34.5 Å². The second-order valence-corrected chi connectivity index (χ2v) is 13.7. The number of nitrogens with two attached hydrogens (primary N) is 1. The van der Waals surface area contributed by atoms with Gasteiger partial charge in [-0.1, -0.05) is 18.2 Å². The van der Waals surface area contributed by atoms with Crippen LogP contribution in [0.1, 0.15) is 23.1 Å². The van der Waals surface area contributed by atoms with E-state index in [0.717, 1.165) is 73.5 Å². The minimum Gasteiger partial charge on any atom is -0.383 e. The Bertz CT molecular complexity index is 1980.